The molecular weight excluding hydrogens is 358 g/mol. The van der Waals surface area contributed by atoms with E-state index in [-0.39, 0.29) is 0 Å². The standard InChI is InChI=1S/C7Br2F6/c8-2-1(7(13,14)15)3(9)5(11)6(12)4(2)10. The van der Waals surface area contributed by atoms with Crippen LogP contribution in [0.2, 0.25) is 0 Å². The summed E-state index contributed by atoms with van der Waals surface area (Å²) >= 11 is 4.44. The van der Waals surface area contributed by atoms with Crippen LogP contribution in [-0.2, 0) is 6.18 Å². The second kappa shape index (κ2) is 3.97. The smallest absolute Gasteiger partial charge is 0.202 e. The van der Waals surface area contributed by atoms with Crippen LogP contribution in [0, 0.1) is 17.5 Å². The summed E-state index contributed by atoms with van der Waals surface area (Å²) < 4.78 is 72.7. The molecule has 0 aliphatic heterocycles. The second-order valence-electron chi connectivity index (χ2n) is 2.44. The molecule has 1 aromatic carbocycles. The first-order chi connectivity index (χ1) is 6.68. The van der Waals surface area contributed by atoms with Crippen molar-refractivity contribution < 1.29 is 26.3 Å². The fourth-order valence-corrected chi connectivity index (χ4v) is 2.31. The van der Waals surface area contributed by atoms with Gasteiger partial charge < -0.3 is 0 Å². The highest BCUT2D eigenvalue weighted by atomic mass is 79.9. The van der Waals surface area contributed by atoms with Gasteiger partial charge in [-0.1, -0.05) is 0 Å². The van der Waals surface area contributed by atoms with Gasteiger partial charge in [0.1, 0.15) is 0 Å². The van der Waals surface area contributed by atoms with Crippen LogP contribution < -0.4 is 0 Å². The van der Waals surface area contributed by atoms with Gasteiger partial charge in [-0.15, -0.1) is 0 Å². The molecule has 0 amide bonds. The minimum Gasteiger partial charge on any atom is -0.202 e. The van der Waals surface area contributed by atoms with E-state index in [1.165, 1.54) is 0 Å². The van der Waals surface area contributed by atoms with Crippen LogP contribution in [-0.4, -0.2) is 0 Å². The van der Waals surface area contributed by atoms with Crippen LogP contribution in [0.1, 0.15) is 5.56 Å². The predicted molar refractivity (Wildman–Crippen MR) is 46.7 cm³/mol. The minimum atomic E-state index is -4.99. The molecule has 0 radical (unpaired) electrons. The molecule has 0 spiro atoms. The molecule has 0 bridgehead atoms. The first-order valence-electron chi connectivity index (χ1n) is 3.26. The Labute approximate surface area is 96.5 Å². The summed E-state index contributed by atoms with van der Waals surface area (Å²) in [5.74, 6) is -5.80. The second-order valence-corrected chi connectivity index (χ2v) is 4.03. The van der Waals surface area contributed by atoms with E-state index in [1.807, 2.05) is 0 Å². The summed E-state index contributed by atoms with van der Waals surface area (Å²) in [6, 6.07) is 0. The first kappa shape index (κ1) is 12.8. The molecule has 15 heavy (non-hydrogen) atoms. The van der Waals surface area contributed by atoms with Gasteiger partial charge >= 0.3 is 6.18 Å². The SMILES string of the molecule is Fc1c(F)c(Br)c(C(F)(F)F)c(Br)c1F. The maximum absolute atomic E-state index is 12.8. The van der Waals surface area contributed by atoms with Crippen molar-refractivity contribution in [2.45, 2.75) is 6.18 Å². The first-order valence-corrected chi connectivity index (χ1v) is 4.85. The zero-order valence-corrected chi connectivity index (χ0v) is 9.70. The molecule has 0 aromatic heterocycles. The van der Waals surface area contributed by atoms with Gasteiger partial charge in [-0.05, 0) is 31.9 Å². The predicted octanol–water partition coefficient (Wildman–Crippen LogP) is 4.65. The summed E-state index contributed by atoms with van der Waals surface area (Å²) in [7, 11) is 0. The van der Waals surface area contributed by atoms with Crippen molar-refractivity contribution in [2.75, 3.05) is 0 Å². The van der Waals surface area contributed by atoms with Gasteiger partial charge in [0.25, 0.3) is 0 Å². The number of halogens is 8. The molecular formula is C7Br2F6. The van der Waals surface area contributed by atoms with Crippen molar-refractivity contribution in [3.05, 3.63) is 32.0 Å². The molecule has 0 saturated heterocycles. The van der Waals surface area contributed by atoms with E-state index in [0.717, 1.165) is 0 Å². The topological polar surface area (TPSA) is 0 Å². The lowest BCUT2D eigenvalue weighted by Gasteiger charge is -2.13. The molecule has 1 aromatic rings. The van der Waals surface area contributed by atoms with Crippen molar-refractivity contribution >= 4 is 31.9 Å². The molecule has 0 saturated carbocycles. The van der Waals surface area contributed by atoms with Crippen molar-refractivity contribution in [2.24, 2.45) is 0 Å². The van der Waals surface area contributed by atoms with E-state index < -0.39 is 38.1 Å². The van der Waals surface area contributed by atoms with Crippen LogP contribution in [0.4, 0.5) is 26.3 Å². The number of alkyl halides is 3. The van der Waals surface area contributed by atoms with Crippen molar-refractivity contribution in [1.29, 1.82) is 0 Å². The van der Waals surface area contributed by atoms with E-state index >= 15 is 0 Å². The number of rotatable bonds is 0. The number of hydrogen-bond donors (Lipinski definition) is 0. The van der Waals surface area contributed by atoms with E-state index in [4.69, 9.17) is 0 Å². The highest BCUT2D eigenvalue weighted by Gasteiger charge is 2.39. The average Bonchev–Trinajstić information content (AvgIpc) is 2.09. The lowest BCUT2D eigenvalue weighted by molar-refractivity contribution is -0.139. The highest BCUT2D eigenvalue weighted by molar-refractivity contribution is 9.11. The average molecular weight is 358 g/mol. The van der Waals surface area contributed by atoms with Gasteiger partial charge in [0.2, 0.25) is 0 Å². The fraction of sp³-hybridized carbons (Fsp3) is 0.143. The summed E-state index contributed by atoms with van der Waals surface area (Å²) in [4.78, 5) is 0. The molecule has 8 heteroatoms. The molecule has 1 rings (SSSR count). The monoisotopic (exact) mass is 356 g/mol. The molecule has 0 atom stereocenters. The van der Waals surface area contributed by atoms with E-state index in [2.05, 4.69) is 31.9 Å². The van der Waals surface area contributed by atoms with Crippen molar-refractivity contribution in [1.82, 2.24) is 0 Å². The Kier molecular flexibility index (Phi) is 3.39. The zero-order valence-electron chi connectivity index (χ0n) is 6.52. The zero-order chi connectivity index (χ0) is 12.0. The molecule has 0 aliphatic rings. The Morgan fingerprint density at radius 1 is 0.733 bits per heavy atom. The molecule has 0 N–H and O–H groups in total. The van der Waals surface area contributed by atoms with Gasteiger partial charge in [0.05, 0.1) is 14.5 Å². The van der Waals surface area contributed by atoms with Crippen LogP contribution in [0.5, 0.6) is 0 Å². The number of benzene rings is 1. The Bertz CT molecular complexity index is 382. The molecule has 0 fully saturated rings. The van der Waals surface area contributed by atoms with Crippen LogP contribution in [0.3, 0.4) is 0 Å². The van der Waals surface area contributed by atoms with Gasteiger partial charge in [-0.3, -0.25) is 0 Å². The lowest BCUT2D eigenvalue weighted by Crippen LogP contribution is -2.11. The van der Waals surface area contributed by atoms with Crippen LogP contribution >= 0.6 is 31.9 Å². The Balaban J connectivity index is 3.68. The van der Waals surface area contributed by atoms with Gasteiger partial charge in [-0.25, -0.2) is 13.2 Å². The van der Waals surface area contributed by atoms with E-state index in [1.54, 1.807) is 0 Å². The molecule has 0 unspecified atom stereocenters. The molecule has 84 valence electrons. The van der Waals surface area contributed by atoms with Crippen LogP contribution in [0.15, 0.2) is 8.95 Å². The quantitative estimate of drug-likeness (QED) is 0.360. The van der Waals surface area contributed by atoms with Crippen molar-refractivity contribution in [3.8, 4) is 0 Å². The third-order valence-corrected chi connectivity index (χ3v) is 2.98. The van der Waals surface area contributed by atoms with Crippen molar-refractivity contribution in [3.63, 3.8) is 0 Å². The molecule has 0 heterocycles. The van der Waals surface area contributed by atoms with Crippen LogP contribution in [0.25, 0.3) is 0 Å². The van der Waals surface area contributed by atoms with Gasteiger partial charge in [0, 0.05) is 0 Å². The minimum absolute atomic E-state index is 1.17. The molecule has 0 nitrogen and oxygen atoms in total. The Morgan fingerprint density at radius 3 is 1.33 bits per heavy atom. The summed E-state index contributed by atoms with van der Waals surface area (Å²) in [6.07, 6.45) is -4.99. The van der Waals surface area contributed by atoms with E-state index in [0.29, 0.717) is 0 Å². The highest BCUT2D eigenvalue weighted by Crippen LogP contribution is 2.43. The Hall–Kier alpha value is -0.240. The lowest BCUT2D eigenvalue weighted by atomic mass is 10.2. The van der Waals surface area contributed by atoms with E-state index in [9.17, 15) is 26.3 Å². The largest absolute Gasteiger partial charge is 0.418 e. The Morgan fingerprint density at radius 2 is 1.07 bits per heavy atom. The normalized spacial score (nSPS) is 12.0. The van der Waals surface area contributed by atoms with Gasteiger partial charge in [0.15, 0.2) is 17.5 Å². The third kappa shape index (κ3) is 2.15. The van der Waals surface area contributed by atoms with Gasteiger partial charge in [-0.2, -0.15) is 13.2 Å². The summed E-state index contributed by atoms with van der Waals surface area (Å²) in [5.41, 5.74) is -1.63. The fourth-order valence-electron chi connectivity index (χ4n) is 0.854. The molecule has 0 aliphatic carbocycles. The number of hydrogen-bond acceptors (Lipinski definition) is 0. The maximum atomic E-state index is 12.8. The third-order valence-electron chi connectivity index (χ3n) is 1.49. The summed E-state index contributed by atoms with van der Waals surface area (Å²) in [6.45, 7) is 0. The summed E-state index contributed by atoms with van der Waals surface area (Å²) in [5, 5.41) is 0. The maximum Gasteiger partial charge on any atom is 0.418 e.